The third-order valence-electron chi connectivity index (χ3n) is 2.83. The molecule has 3 heteroatoms. The second-order valence-electron chi connectivity index (χ2n) is 4.15. The topological polar surface area (TPSA) is 49.3 Å². The number of nitrogens with one attached hydrogen (secondary N) is 1. The predicted octanol–water partition coefficient (Wildman–Crippen LogP) is 3.72. The zero-order valence-corrected chi connectivity index (χ0v) is 10.4. The van der Waals surface area contributed by atoms with Crippen molar-refractivity contribution in [3.8, 4) is 0 Å². The first kappa shape index (κ1) is 12.9. The van der Waals surface area contributed by atoms with E-state index in [9.17, 15) is 4.79 Å². The van der Waals surface area contributed by atoms with Gasteiger partial charge in [-0.3, -0.25) is 0 Å². The van der Waals surface area contributed by atoms with Crippen molar-refractivity contribution in [2.24, 2.45) is 0 Å². The molecule has 0 bridgehead atoms. The maximum Gasteiger partial charge on any atom is 0.335 e. The molecule has 0 aliphatic heterocycles. The molecule has 2 rings (SSSR count). The maximum absolute atomic E-state index is 10.9. The maximum atomic E-state index is 10.9. The number of hydrogen-bond donors (Lipinski definition) is 2. The van der Waals surface area contributed by atoms with Crippen LogP contribution < -0.4 is 5.32 Å². The van der Waals surface area contributed by atoms with E-state index in [1.54, 1.807) is 24.3 Å². The van der Waals surface area contributed by atoms with Gasteiger partial charge in [0.1, 0.15) is 0 Å². The SMILES string of the molecule is C=CC(Nc1cccc(C(=O)O)c1)c1ccccc1. The van der Waals surface area contributed by atoms with Crippen molar-refractivity contribution in [2.75, 3.05) is 5.32 Å². The lowest BCUT2D eigenvalue weighted by molar-refractivity contribution is 0.0697. The average Bonchev–Trinajstić information content (AvgIpc) is 2.46. The van der Waals surface area contributed by atoms with Gasteiger partial charge in [0.2, 0.25) is 0 Å². The Labute approximate surface area is 112 Å². The highest BCUT2D eigenvalue weighted by Crippen LogP contribution is 2.21. The van der Waals surface area contributed by atoms with E-state index < -0.39 is 5.97 Å². The Bertz CT molecular complexity index is 578. The molecule has 0 saturated heterocycles. The van der Waals surface area contributed by atoms with E-state index in [0.29, 0.717) is 0 Å². The van der Waals surface area contributed by atoms with Gasteiger partial charge < -0.3 is 10.4 Å². The second kappa shape index (κ2) is 5.87. The number of anilines is 1. The molecule has 2 N–H and O–H groups in total. The summed E-state index contributed by atoms with van der Waals surface area (Å²) >= 11 is 0. The van der Waals surface area contributed by atoms with Crippen LogP contribution >= 0.6 is 0 Å². The van der Waals surface area contributed by atoms with Crippen LogP contribution in [0.4, 0.5) is 5.69 Å². The molecule has 0 heterocycles. The van der Waals surface area contributed by atoms with Gasteiger partial charge in [-0.1, -0.05) is 42.5 Å². The fourth-order valence-electron chi connectivity index (χ4n) is 1.86. The van der Waals surface area contributed by atoms with Gasteiger partial charge in [0.25, 0.3) is 0 Å². The largest absolute Gasteiger partial charge is 0.478 e. The van der Waals surface area contributed by atoms with Crippen LogP contribution in [0.25, 0.3) is 0 Å². The number of aromatic carboxylic acids is 1. The van der Waals surface area contributed by atoms with Crippen LogP contribution in [0.15, 0.2) is 67.3 Å². The summed E-state index contributed by atoms with van der Waals surface area (Å²) in [5.41, 5.74) is 2.10. The normalized spacial score (nSPS) is 11.6. The third-order valence-corrected chi connectivity index (χ3v) is 2.83. The fourth-order valence-corrected chi connectivity index (χ4v) is 1.86. The number of hydrogen-bond acceptors (Lipinski definition) is 2. The molecule has 0 fully saturated rings. The van der Waals surface area contributed by atoms with Gasteiger partial charge in [0, 0.05) is 5.69 Å². The first-order chi connectivity index (χ1) is 9.20. The van der Waals surface area contributed by atoms with Gasteiger partial charge in [0.15, 0.2) is 0 Å². The van der Waals surface area contributed by atoms with Gasteiger partial charge in [0.05, 0.1) is 11.6 Å². The Morgan fingerprint density at radius 2 is 1.89 bits per heavy atom. The minimum Gasteiger partial charge on any atom is -0.478 e. The van der Waals surface area contributed by atoms with Crippen molar-refractivity contribution in [1.29, 1.82) is 0 Å². The Kier molecular flexibility index (Phi) is 3.98. The van der Waals surface area contributed by atoms with Crippen LogP contribution in [-0.4, -0.2) is 11.1 Å². The minimum atomic E-state index is -0.932. The molecule has 0 aliphatic rings. The molecule has 0 spiro atoms. The molecule has 96 valence electrons. The summed E-state index contributed by atoms with van der Waals surface area (Å²) in [6.45, 7) is 3.81. The number of carbonyl (C=O) groups is 1. The smallest absolute Gasteiger partial charge is 0.335 e. The highest BCUT2D eigenvalue weighted by Gasteiger charge is 2.08. The molecular formula is C16H15NO2. The highest BCUT2D eigenvalue weighted by atomic mass is 16.4. The van der Waals surface area contributed by atoms with Crippen molar-refractivity contribution in [3.63, 3.8) is 0 Å². The molecule has 1 atom stereocenters. The van der Waals surface area contributed by atoms with Crippen LogP contribution in [0.5, 0.6) is 0 Å². The van der Waals surface area contributed by atoms with Crippen molar-refractivity contribution < 1.29 is 9.90 Å². The Morgan fingerprint density at radius 3 is 2.53 bits per heavy atom. The van der Waals surface area contributed by atoms with E-state index in [4.69, 9.17) is 5.11 Å². The minimum absolute atomic E-state index is 0.0507. The molecular weight excluding hydrogens is 238 g/mol. The standard InChI is InChI=1S/C16H15NO2/c1-2-15(12-7-4-3-5-8-12)17-14-10-6-9-13(11-14)16(18)19/h2-11,15,17H,1H2,(H,18,19). The summed E-state index contributed by atoms with van der Waals surface area (Å²) in [5, 5.41) is 12.2. The van der Waals surface area contributed by atoms with Crippen molar-refractivity contribution in [3.05, 3.63) is 78.4 Å². The monoisotopic (exact) mass is 253 g/mol. The van der Waals surface area contributed by atoms with Gasteiger partial charge >= 0.3 is 5.97 Å². The summed E-state index contributed by atoms with van der Waals surface area (Å²) in [7, 11) is 0. The summed E-state index contributed by atoms with van der Waals surface area (Å²) < 4.78 is 0. The van der Waals surface area contributed by atoms with E-state index in [0.717, 1.165) is 11.3 Å². The number of carboxylic acid groups (broad SMARTS) is 1. The lowest BCUT2D eigenvalue weighted by Gasteiger charge is -2.16. The molecule has 0 aromatic heterocycles. The first-order valence-corrected chi connectivity index (χ1v) is 5.98. The molecule has 1 unspecified atom stereocenters. The fraction of sp³-hybridized carbons (Fsp3) is 0.0625. The van der Waals surface area contributed by atoms with E-state index in [1.165, 1.54) is 0 Å². The molecule has 0 radical (unpaired) electrons. The molecule has 19 heavy (non-hydrogen) atoms. The van der Waals surface area contributed by atoms with E-state index in [2.05, 4.69) is 11.9 Å². The molecule has 3 nitrogen and oxygen atoms in total. The summed E-state index contributed by atoms with van der Waals surface area (Å²) in [6, 6.07) is 16.6. The third kappa shape index (κ3) is 3.22. The predicted molar refractivity (Wildman–Crippen MR) is 76.4 cm³/mol. The van der Waals surface area contributed by atoms with Crippen molar-refractivity contribution in [2.45, 2.75) is 6.04 Å². The molecule has 0 aliphatic carbocycles. The summed E-state index contributed by atoms with van der Waals surface area (Å²) in [6.07, 6.45) is 1.79. The zero-order chi connectivity index (χ0) is 13.7. The van der Waals surface area contributed by atoms with Gasteiger partial charge in [-0.25, -0.2) is 4.79 Å². The molecule has 0 amide bonds. The average molecular weight is 253 g/mol. The molecule has 0 saturated carbocycles. The summed E-state index contributed by atoms with van der Waals surface area (Å²) in [5.74, 6) is -0.932. The highest BCUT2D eigenvalue weighted by molar-refractivity contribution is 5.88. The quantitative estimate of drug-likeness (QED) is 0.798. The van der Waals surface area contributed by atoms with Crippen LogP contribution in [0.3, 0.4) is 0 Å². The van der Waals surface area contributed by atoms with Crippen LogP contribution in [-0.2, 0) is 0 Å². The Hall–Kier alpha value is -2.55. The lowest BCUT2D eigenvalue weighted by atomic mass is 10.1. The first-order valence-electron chi connectivity index (χ1n) is 5.98. The Balaban J connectivity index is 2.21. The summed E-state index contributed by atoms with van der Waals surface area (Å²) in [4.78, 5) is 10.9. The van der Waals surface area contributed by atoms with Crippen LogP contribution in [0, 0.1) is 0 Å². The van der Waals surface area contributed by atoms with Gasteiger partial charge in [-0.2, -0.15) is 0 Å². The number of rotatable bonds is 5. The van der Waals surface area contributed by atoms with E-state index in [-0.39, 0.29) is 11.6 Å². The zero-order valence-electron chi connectivity index (χ0n) is 10.4. The van der Waals surface area contributed by atoms with E-state index >= 15 is 0 Å². The van der Waals surface area contributed by atoms with Crippen LogP contribution in [0.2, 0.25) is 0 Å². The van der Waals surface area contributed by atoms with Gasteiger partial charge in [-0.15, -0.1) is 6.58 Å². The number of benzene rings is 2. The van der Waals surface area contributed by atoms with Crippen molar-refractivity contribution >= 4 is 11.7 Å². The van der Waals surface area contributed by atoms with E-state index in [1.807, 2.05) is 36.4 Å². The Morgan fingerprint density at radius 1 is 1.16 bits per heavy atom. The van der Waals surface area contributed by atoms with Crippen molar-refractivity contribution in [1.82, 2.24) is 0 Å². The number of carboxylic acids is 1. The lowest BCUT2D eigenvalue weighted by Crippen LogP contribution is -2.08. The van der Waals surface area contributed by atoms with Crippen LogP contribution in [0.1, 0.15) is 22.0 Å². The molecule has 2 aromatic carbocycles. The second-order valence-corrected chi connectivity index (χ2v) is 4.15. The van der Waals surface area contributed by atoms with Gasteiger partial charge in [-0.05, 0) is 23.8 Å². The molecule has 2 aromatic rings.